The molecule has 0 radical (unpaired) electrons. The summed E-state index contributed by atoms with van der Waals surface area (Å²) in [5.41, 5.74) is 5.61. The molecule has 164 valence electrons. The lowest BCUT2D eigenvalue weighted by atomic mass is 10.0. The first kappa shape index (κ1) is 25.7. The lowest BCUT2D eigenvalue weighted by molar-refractivity contribution is -0.155. The lowest BCUT2D eigenvalue weighted by Gasteiger charge is -2.21. The van der Waals surface area contributed by atoms with Crippen LogP contribution in [0.1, 0.15) is 50.5 Å². The van der Waals surface area contributed by atoms with Crippen molar-refractivity contribution < 1.29 is 33.3 Å². The number of carbonyl (C=O) groups excluding carboxylic acids is 1. The quantitative estimate of drug-likeness (QED) is 0.543. The number of nitrogens with two attached hydrogens (primary N) is 1. The van der Waals surface area contributed by atoms with E-state index in [1.54, 1.807) is 51.1 Å². The number of hydrogen-bond donors (Lipinski definition) is 3. The summed E-state index contributed by atoms with van der Waals surface area (Å²) in [4.78, 5) is 21.9. The summed E-state index contributed by atoms with van der Waals surface area (Å²) in [7, 11) is 0. The Morgan fingerprint density at radius 1 is 1.17 bits per heavy atom. The van der Waals surface area contributed by atoms with E-state index in [0.29, 0.717) is 5.56 Å². The highest BCUT2D eigenvalue weighted by atomic mass is 79.9. The van der Waals surface area contributed by atoms with E-state index in [2.05, 4.69) is 15.9 Å². The van der Waals surface area contributed by atoms with Gasteiger partial charge in [-0.05, 0) is 32.4 Å². The molecule has 0 aliphatic heterocycles. The standard InChI is InChI=1S/C13H16BrF2NO2.C8H8O3/c1-13(2,3)19-11(18)6-10(17)12-8(14)4-7(15)5-9(12)16;9-7(8(10)11)6-4-2-1-3-5-6/h4-5,10H,6,17H2,1-3H3;1-5,7,9H,(H,10,11)/t10-;7-/m10/s1. The van der Waals surface area contributed by atoms with Gasteiger partial charge in [0.2, 0.25) is 0 Å². The number of rotatable bonds is 5. The van der Waals surface area contributed by atoms with Crippen molar-refractivity contribution >= 4 is 27.9 Å². The number of esters is 1. The molecule has 4 N–H and O–H groups in total. The molecule has 2 atom stereocenters. The van der Waals surface area contributed by atoms with Crippen molar-refractivity contribution in [2.24, 2.45) is 5.73 Å². The number of carboxylic acids is 1. The van der Waals surface area contributed by atoms with Gasteiger partial charge in [-0.2, -0.15) is 0 Å². The molecule has 0 saturated heterocycles. The van der Waals surface area contributed by atoms with Gasteiger partial charge in [0.15, 0.2) is 6.10 Å². The molecule has 30 heavy (non-hydrogen) atoms. The van der Waals surface area contributed by atoms with Gasteiger partial charge in [0.1, 0.15) is 17.2 Å². The molecular formula is C21H24BrF2NO5. The highest BCUT2D eigenvalue weighted by molar-refractivity contribution is 9.10. The molecule has 0 aromatic heterocycles. The molecule has 2 aromatic carbocycles. The predicted molar refractivity (Wildman–Crippen MR) is 110 cm³/mol. The Bertz CT molecular complexity index is 848. The van der Waals surface area contributed by atoms with Crippen LogP contribution in [0, 0.1) is 11.6 Å². The average Bonchev–Trinajstić information content (AvgIpc) is 2.59. The van der Waals surface area contributed by atoms with E-state index in [1.165, 1.54) is 0 Å². The van der Waals surface area contributed by atoms with Crippen molar-refractivity contribution in [1.82, 2.24) is 0 Å². The third-order valence-corrected chi connectivity index (χ3v) is 4.23. The number of carboxylic acid groups (broad SMARTS) is 1. The Balaban J connectivity index is 0.000000346. The second-order valence-electron chi connectivity index (χ2n) is 7.33. The summed E-state index contributed by atoms with van der Waals surface area (Å²) in [5.74, 6) is -3.26. The van der Waals surface area contributed by atoms with Crippen LogP contribution >= 0.6 is 15.9 Å². The zero-order valence-corrected chi connectivity index (χ0v) is 18.3. The molecule has 0 amide bonds. The molecule has 0 unspecified atom stereocenters. The van der Waals surface area contributed by atoms with Crippen molar-refractivity contribution in [2.45, 2.75) is 44.9 Å². The Morgan fingerprint density at radius 2 is 1.73 bits per heavy atom. The number of ether oxygens (including phenoxy) is 1. The zero-order chi connectivity index (χ0) is 23.1. The molecule has 0 spiro atoms. The van der Waals surface area contributed by atoms with Crippen molar-refractivity contribution in [3.05, 3.63) is 69.7 Å². The maximum absolute atomic E-state index is 13.6. The van der Waals surface area contributed by atoms with Crippen LogP contribution in [0.25, 0.3) is 0 Å². The van der Waals surface area contributed by atoms with Crippen LogP contribution in [0.4, 0.5) is 8.78 Å². The second-order valence-corrected chi connectivity index (χ2v) is 8.19. The fourth-order valence-corrected chi connectivity index (χ4v) is 3.05. The average molecular weight is 488 g/mol. The predicted octanol–water partition coefficient (Wildman–Crippen LogP) is 4.26. The van der Waals surface area contributed by atoms with Crippen LogP contribution in [0.3, 0.4) is 0 Å². The summed E-state index contributed by atoms with van der Waals surface area (Å²) >= 11 is 3.04. The SMILES string of the molecule is CC(C)(C)OC(=O)C[C@@H](N)c1c(F)cc(F)cc1Br.O=C(O)[C@@H](O)c1ccccc1. The topological polar surface area (TPSA) is 110 Å². The molecule has 0 heterocycles. The number of hydrogen-bond acceptors (Lipinski definition) is 5. The van der Waals surface area contributed by atoms with E-state index in [-0.39, 0.29) is 16.5 Å². The molecule has 9 heteroatoms. The molecule has 0 bridgehead atoms. The smallest absolute Gasteiger partial charge is 0.337 e. The fraction of sp³-hybridized carbons (Fsp3) is 0.333. The van der Waals surface area contributed by atoms with Crippen molar-refractivity contribution in [3.63, 3.8) is 0 Å². The number of halogens is 3. The largest absolute Gasteiger partial charge is 0.479 e. The van der Waals surface area contributed by atoms with Crippen LogP contribution in [0.15, 0.2) is 46.9 Å². The van der Waals surface area contributed by atoms with Gasteiger partial charge in [-0.15, -0.1) is 0 Å². The summed E-state index contributed by atoms with van der Waals surface area (Å²) < 4.78 is 31.9. The molecule has 0 saturated carbocycles. The van der Waals surface area contributed by atoms with Crippen LogP contribution in [-0.4, -0.2) is 27.8 Å². The third kappa shape index (κ3) is 8.56. The second kappa shape index (κ2) is 11.1. The van der Waals surface area contributed by atoms with Crippen molar-refractivity contribution in [3.8, 4) is 0 Å². The van der Waals surface area contributed by atoms with Crippen LogP contribution in [0.2, 0.25) is 0 Å². The Labute approximate surface area is 181 Å². The highest BCUT2D eigenvalue weighted by Gasteiger charge is 2.23. The molecule has 2 aromatic rings. The maximum atomic E-state index is 13.6. The molecular weight excluding hydrogens is 464 g/mol. The summed E-state index contributed by atoms with van der Waals surface area (Å²) in [6, 6.07) is 9.20. The zero-order valence-electron chi connectivity index (χ0n) is 16.7. The van der Waals surface area contributed by atoms with Gasteiger partial charge >= 0.3 is 11.9 Å². The molecule has 6 nitrogen and oxygen atoms in total. The van der Waals surface area contributed by atoms with Gasteiger partial charge in [0.05, 0.1) is 6.42 Å². The lowest BCUT2D eigenvalue weighted by Crippen LogP contribution is -2.27. The van der Waals surface area contributed by atoms with E-state index in [1.807, 2.05) is 0 Å². The normalized spacial score (nSPS) is 12.9. The summed E-state index contributed by atoms with van der Waals surface area (Å²) in [6.07, 6.45) is -1.59. The summed E-state index contributed by atoms with van der Waals surface area (Å²) in [5, 5.41) is 17.4. The van der Waals surface area contributed by atoms with Crippen LogP contribution in [-0.2, 0) is 14.3 Å². The van der Waals surface area contributed by atoms with Crippen molar-refractivity contribution in [2.75, 3.05) is 0 Å². The van der Waals surface area contributed by atoms with Crippen molar-refractivity contribution in [1.29, 1.82) is 0 Å². The Hall–Kier alpha value is -2.36. The monoisotopic (exact) mass is 487 g/mol. The van der Waals surface area contributed by atoms with Gasteiger partial charge in [0, 0.05) is 22.1 Å². The number of benzene rings is 2. The van der Waals surface area contributed by atoms with E-state index >= 15 is 0 Å². The van der Waals surface area contributed by atoms with Gasteiger partial charge in [-0.1, -0.05) is 46.3 Å². The number of aliphatic hydroxyl groups excluding tert-OH is 1. The number of carbonyl (C=O) groups is 2. The minimum atomic E-state index is -1.41. The first-order chi connectivity index (χ1) is 13.8. The number of aliphatic carboxylic acids is 1. The van der Waals surface area contributed by atoms with E-state index in [4.69, 9.17) is 20.7 Å². The Morgan fingerprint density at radius 3 is 2.20 bits per heavy atom. The fourth-order valence-electron chi connectivity index (χ4n) is 2.35. The van der Waals surface area contributed by atoms with Crippen LogP contribution < -0.4 is 5.73 Å². The number of aliphatic hydroxyl groups is 1. The van der Waals surface area contributed by atoms with E-state index < -0.39 is 41.3 Å². The maximum Gasteiger partial charge on any atom is 0.337 e. The Kier molecular flexibility index (Phi) is 9.54. The minimum Gasteiger partial charge on any atom is -0.479 e. The van der Waals surface area contributed by atoms with E-state index in [9.17, 15) is 18.4 Å². The molecule has 2 rings (SSSR count). The first-order valence-electron chi connectivity index (χ1n) is 8.89. The third-order valence-electron chi connectivity index (χ3n) is 3.57. The molecule has 0 aliphatic rings. The first-order valence-corrected chi connectivity index (χ1v) is 9.68. The molecule has 0 aliphatic carbocycles. The van der Waals surface area contributed by atoms with Gasteiger partial charge in [-0.3, -0.25) is 4.79 Å². The van der Waals surface area contributed by atoms with Crippen LogP contribution in [0.5, 0.6) is 0 Å². The van der Waals surface area contributed by atoms with Gasteiger partial charge in [-0.25, -0.2) is 13.6 Å². The molecule has 0 fully saturated rings. The highest BCUT2D eigenvalue weighted by Crippen LogP contribution is 2.28. The minimum absolute atomic E-state index is 0.0623. The van der Waals surface area contributed by atoms with E-state index in [0.717, 1.165) is 12.1 Å². The van der Waals surface area contributed by atoms with Gasteiger partial charge < -0.3 is 20.7 Å². The summed E-state index contributed by atoms with van der Waals surface area (Å²) in [6.45, 7) is 5.18. The van der Waals surface area contributed by atoms with Gasteiger partial charge in [0.25, 0.3) is 0 Å².